The van der Waals surface area contributed by atoms with Crippen molar-refractivity contribution in [3.05, 3.63) is 29.2 Å². The number of amides is 1. The third-order valence-corrected chi connectivity index (χ3v) is 5.93. The van der Waals surface area contributed by atoms with Crippen LogP contribution in [0.5, 0.6) is 0 Å². The Hall–Kier alpha value is -2.39. The van der Waals surface area contributed by atoms with Gasteiger partial charge in [0.25, 0.3) is 0 Å². The highest BCUT2D eigenvalue weighted by molar-refractivity contribution is 7.13. The first-order chi connectivity index (χ1) is 12.2. The van der Waals surface area contributed by atoms with E-state index in [1.54, 1.807) is 28.4 Å². The molecule has 9 heteroatoms. The zero-order chi connectivity index (χ0) is 17.0. The van der Waals surface area contributed by atoms with Gasteiger partial charge in [-0.15, -0.1) is 10.2 Å². The van der Waals surface area contributed by atoms with Crippen LogP contribution < -0.4 is 5.73 Å². The van der Waals surface area contributed by atoms with E-state index in [4.69, 9.17) is 10.5 Å². The van der Waals surface area contributed by atoms with Crippen molar-refractivity contribution in [1.29, 1.82) is 0 Å². The molecule has 3 atom stereocenters. The lowest BCUT2D eigenvalue weighted by Crippen LogP contribution is -2.14. The predicted octanol–water partition coefficient (Wildman–Crippen LogP) is 1.33. The van der Waals surface area contributed by atoms with Crippen molar-refractivity contribution >= 4 is 28.1 Å². The van der Waals surface area contributed by atoms with Crippen molar-refractivity contribution in [3.63, 3.8) is 0 Å². The summed E-state index contributed by atoms with van der Waals surface area (Å²) >= 11 is 1.55. The van der Waals surface area contributed by atoms with Gasteiger partial charge in [0.15, 0.2) is 0 Å². The highest BCUT2D eigenvalue weighted by Crippen LogP contribution is 2.45. The monoisotopic (exact) mass is 356 g/mol. The van der Waals surface area contributed by atoms with Crippen molar-refractivity contribution in [1.82, 2.24) is 25.0 Å². The van der Waals surface area contributed by atoms with Crippen LogP contribution in [0.25, 0.3) is 16.0 Å². The first-order valence-electron chi connectivity index (χ1n) is 8.27. The van der Waals surface area contributed by atoms with E-state index < -0.39 is 5.91 Å². The summed E-state index contributed by atoms with van der Waals surface area (Å²) in [6.07, 6.45) is 7.50. The molecule has 2 saturated heterocycles. The maximum atomic E-state index is 11.1. The van der Waals surface area contributed by atoms with E-state index >= 15 is 0 Å². The van der Waals surface area contributed by atoms with Crippen molar-refractivity contribution in [2.75, 3.05) is 0 Å². The third kappa shape index (κ3) is 2.50. The second-order valence-electron chi connectivity index (χ2n) is 6.57. The van der Waals surface area contributed by atoms with Crippen LogP contribution in [0, 0.1) is 0 Å². The molecule has 2 bridgehead atoms. The maximum Gasteiger partial charge on any atom is 0.233 e. The minimum atomic E-state index is -0.410. The van der Waals surface area contributed by atoms with Gasteiger partial charge < -0.3 is 10.5 Å². The number of primary amides is 1. The normalized spacial score (nSPS) is 25.0. The number of nitrogens with two attached hydrogens (primary N) is 1. The smallest absolute Gasteiger partial charge is 0.233 e. The van der Waals surface area contributed by atoms with Gasteiger partial charge in [0.2, 0.25) is 11.0 Å². The molecule has 0 radical (unpaired) electrons. The molecule has 0 spiro atoms. The zero-order valence-electron chi connectivity index (χ0n) is 13.3. The molecule has 3 aromatic heterocycles. The van der Waals surface area contributed by atoms with Gasteiger partial charge in [-0.3, -0.25) is 9.78 Å². The molecule has 25 heavy (non-hydrogen) atoms. The van der Waals surface area contributed by atoms with E-state index in [2.05, 4.69) is 20.3 Å². The van der Waals surface area contributed by atoms with E-state index in [1.807, 2.05) is 6.07 Å². The molecule has 2 N–H and O–H groups in total. The topological polar surface area (TPSA) is 109 Å². The highest BCUT2D eigenvalue weighted by atomic mass is 32.1. The quantitative estimate of drug-likeness (QED) is 0.755. The second-order valence-corrected chi connectivity index (χ2v) is 7.56. The molecule has 0 aromatic carbocycles. The maximum absolute atomic E-state index is 11.1. The average molecular weight is 356 g/mol. The molecule has 1 amide bonds. The fourth-order valence-electron chi connectivity index (χ4n) is 3.75. The molecule has 128 valence electrons. The van der Waals surface area contributed by atoms with Crippen LogP contribution in [-0.4, -0.2) is 43.1 Å². The number of pyridine rings is 1. The van der Waals surface area contributed by atoms with E-state index in [-0.39, 0.29) is 12.5 Å². The first-order valence-corrected chi connectivity index (χ1v) is 9.09. The molecular formula is C16H16N6O2S. The minimum Gasteiger partial charge on any atom is -0.374 e. The molecule has 8 nitrogen and oxygen atoms in total. The summed E-state index contributed by atoms with van der Waals surface area (Å²) in [7, 11) is 0. The Balaban J connectivity index is 1.50. The number of hydrogen-bond acceptors (Lipinski definition) is 7. The third-order valence-electron chi connectivity index (χ3n) is 4.90. The van der Waals surface area contributed by atoms with Crippen molar-refractivity contribution < 1.29 is 9.53 Å². The Morgan fingerprint density at radius 1 is 1.36 bits per heavy atom. The second kappa shape index (κ2) is 5.57. The largest absolute Gasteiger partial charge is 0.374 e. The molecule has 0 aliphatic carbocycles. The summed E-state index contributed by atoms with van der Waals surface area (Å²) in [5.74, 6) is -0.0636. The molecule has 3 unspecified atom stereocenters. The Morgan fingerprint density at radius 2 is 2.28 bits per heavy atom. The van der Waals surface area contributed by atoms with Gasteiger partial charge in [-0.2, -0.15) is 5.10 Å². The SMILES string of the molecule is NC(=O)Cc1cc2c(cn1)cnn2-c1nnc(C2CC3CCC2O3)s1. The Kier molecular flexibility index (Phi) is 3.32. The number of hydrogen-bond donors (Lipinski definition) is 1. The molecule has 2 aliphatic rings. The van der Waals surface area contributed by atoms with Crippen LogP contribution in [0.15, 0.2) is 18.5 Å². The lowest BCUT2D eigenvalue weighted by Gasteiger charge is -2.14. The number of carbonyl (C=O) groups excluding carboxylic acids is 1. The average Bonchev–Trinajstić information content (AvgIpc) is 3.36. The lowest BCUT2D eigenvalue weighted by molar-refractivity contribution is -0.117. The number of nitrogens with zero attached hydrogens (tertiary/aromatic N) is 5. The molecule has 5 heterocycles. The van der Waals surface area contributed by atoms with Crippen LogP contribution >= 0.6 is 11.3 Å². The zero-order valence-corrected chi connectivity index (χ0v) is 14.1. The summed E-state index contributed by atoms with van der Waals surface area (Å²) in [6, 6.07) is 1.83. The Bertz CT molecular complexity index is 967. The van der Waals surface area contributed by atoms with Crippen molar-refractivity contribution in [2.45, 2.75) is 43.8 Å². The first kappa shape index (κ1) is 14.9. The summed E-state index contributed by atoms with van der Waals surface area (Å²) in [5.41, 5.74) is 6.73. The van der Waals surface area contributed by atoms with Crippen LogP contribution in [0.3, 0.4) is 0 Å². The van der Waals surface area contributed by atoms with Gasteiger partial charge >= 0.3 is 0 Å². The number of ether oxygens (including phenoxy) is 1. The molecule has 2 fully saturated rings. The highest BCUT2D eigenvalue weighted by Gasteiger charge is 2.43. The fraction of sp³-hybridized carbons (Fsp3) is 0.438. The van der Waals surface area contributed by atoms with E-state index in [0.29, 0.717) is 22.8 Å². The number of rotatable bonds is 4. The van der Waals surface area contributed by atoms with E-state index in [9.17, 15) is 4.79 Å². The van der Waals surface area contributed by atoms with Gasteiger partial charge in [0.05, 0.1) is 36.0 Å². The molecule has 2 aliphatic heterocycles. The Morgan fingerprint density at radius 3 is 3.04 bits per heavy atom. The molecule has 0 saturated carbocycles. The van der Waals surface area contributed by atoms with Gasteiger partial charge in [0, 0.05) is 17.5 Å². The van der Waals surface area contributed by atoms with Crippen molar-refractivity contribution in [2.24, 2.45) is 5.73 Å². The van der Waals surface area contributed by atoms with Gasteiger partial charge in [-0.1, -0.05) is 11.3 Å². The number of aromatic nitrogens is 5. The number of carbonyl (C=O) groups is 1. The van der Waals surface area contributed by atoms with Crippen LogP contribution in [0.4, 0.5) is 0 Å². The molecule has 5 rings (SSSR count). The van der Waals surface area contributed by atoms with E-state index in [0.717, 1.165) is 35.2 Å². The Labute approximate surface area is 147 Å². The van der Waals surface area contributed by atoms with Crippen LogP contribution in [0.2, 0.25) is 0 Å². The van der Waals surface area contributed by atoms with Gasteiger partial charge in [0.1, 0.15) is 5.01 Å². The summed E-state index contributed by atoms with van der Waals surface area (Å²) < 4.78 is 7.67. The van der Waals surface area contributed by atoms with E-state index in [1.165, 1.54) is 0 Å². The lowest BCUT2D eigenvalue weighted by atomic mass is 9.90. The van der Waals surface area contributed by atoms with Gasteiger partial charge in [-0.05, 0) is 25.3 Å². The summed E-state index contributed by atoms with van der Waals surface area (Å²) in [6.45, 7) is 0. The molecule has 3 aromatic rings. The van der Waals surface area contributed by atoms with Gasteiger partial charge in [-0.25, -0.2) is 4.68 Å². The minimum absolute atomic E-state index is 0.102. The summed E-state index contributed by atoms with van der Waals surface area (Å²) in [5, 5.41) is 15.7. The summed E-state index contributed by atoms with van der Waals surface area (Å²) in [4.78, 5) is 15.4. The fourth-order valence-corrected chi connectivity index (χ4v) is 4.73. The predicted molar refractivity (Wildman–Crippen MR) is 90.5 cm³/mol. The standard InChI is InChI=1S/C16H16N6O2S/c17-14(23)4-9-3-12-8(6-18-9)7-19-22(12)16-21-20-15(25-16)11-5-10-1-2-13(11)24-10/h3,6-7,10-11,13H,1-2,4-5H2,(H2,17,23). The van der Waals surface area contributed by atoms with Crippen LogP contribution in [0.1, 0.15) is 35.9 Å². The molecular weight excluding hydrogens is 340 g/mol. The van der Waals surface area contributed by atoms with Crippen molar-refractivity contribution in [3.8, 4) is 5.13 Å². The van der Waals surface area contributed by atoms with Crippen LogP contribution in [-0.2, 0) is 16.0 Å². The number of fused-ring (bicyclic) bond motifs is 3.